The topological polar surface area (TPSA) is 64.4 Å². The van der Waals surface area contributed by atoms with E-state index < -0.39 is 0 Å². The Hall–Kier alpha value is -2.01. The first-order valence-electron chi connectivity index (χ1n) is 4.75. The van der Waals surface area contributed by atoms with Crippen LogP contribution in [0.5, 0.6) is 5.88 Å². The van der Waals surface area contributed by atoms with Gasteiger partial charge >= 0.3 is 0 Å². The molecular formula is C11H9ClN2O3. The highest BCUT2D eigenvalue weighted by molar-refractivity contribution is 6.32. The van der Waals surface area contributed by atoms with Crippen molar-refractivity contribution in [1.82, 2.24) is 4.98 Å². The van der Waals surface area contributed by atoms with Gasteiger partial charge in [0.15, 0.2) is 0 Å². The highest BCUT2D eigenvalue weighted by Gasteiger charge is 2.13. The summed E-state index contributed by atoms with van der Waals surface area (Å²) in [5.41, 5.74) is 0.829. The predicted molar refractivity (Wildman–Crippen MR) is 62.5 cm³/mol. The lowest BCUT2D eigenvalue weighted by Crippen LogP contribution is -2.11. The Morgan fingerprint density at radius 2 is 2.29 bits per heavy atom. The summed E-state index contributed by atoms with van der Waals surface area (Å²) >= 11 is 5.69. The van der Waals surface area contributed by atoms with Gasteiger partial charge in [-0.25, -0.2) is 4.98 Å². The number of halogens is 1. The predicted octanol–water partition coefficient (Wildman–Crippen LogP) is 2.59. The van der Waals surface area contributed by atoms with E-state index in [1.54, 1.807) is 12.1 Å². The zero-order chi connectivity index (χ0) is 12.3. The molecular weight excluding hydrogens is 244 g/mol. The Kier molecular flexibility index (Phi) is 3.30. The Balaban J connectivity index is 2.10. The molecule has 0 unspecified atom stereocenters. The molecule has 0 saturated heterocycles. The first kappa shape index (κ1) is 11.5. The molecule has 0 radical (unpaired) electrons. The number of hydrogen-bond donors (Lipinski definition) is 1. The molecule has 0 saturated carbocycles. The summed E-state index contributed by atoms with van der Waals surface area (Å²) in [7, 11) is 1.52. The second-order valence-corrected chi connectivity index (χ2v) is 3.49. The van der Waals surface area contributed by atoms with Crippen LogP contribution < -0.4 is 10.1 Å². The number of aromatic nitrogens is 1. The lowest BCUT2D eigenvalue weighted by molar-refractivity contribution is 0.102. The van der Waals surface area contributed by atoms with Gasteiger partial charge in [0.05, 0.1) is 30.8 Å². The molecule has 0 aliphatic rings. The Labute approximate surface area is 102 Å². The van der Waals surface area contributed by atoms with Gasteiger partial charge in [-0.05, 0) is 23.7 Å². The van der Waals surface area contributed by atoms with Crippen molar-refractivity contribution in [2.75, 3.05) is 12.4 Å². The van der Waals surface area contributed by atoms with Crippen LogP contribution in [0.3, 0.4) is 0 Å². The molecule has 0 aliphatic carbocycles. The first-order valence-corrected chi connectivity index (χ1v) is 5.13. The van der Waals surface area contributed by atoms with Crippen LogP contribution in [-0.2, 0) is 0 Å². The molecule has 0 spiro atoms. The average molecular weight is 253 g/mol. The number of furan rings is 1. The number of carbonyl (C=O) groups excluding carboxylic acids is 1. The summed E-state index contributed by atoms with van der Waals surface area (Å²) in [6.07, 6.45) is 2.84. The van der Waals surface area contributed by atoms with Gasteiger partial charge in [0, 0.05) is 6.07 Å². The van der Waals surface area contributed by atoms with Gasteiger partial charge in [0.25, 0.3) is 5.91 Å². The number of anilines is 1. The molecule has 2 aromatic rings. The van der Waals surface area contributed by atoms with Crippen LogP contribution in [0.4, 0.5) is 5.69 Å². The number of nitrogens with zero attached hydrogens (tertiary/aromatic N) is 1. The molecule has 6 heteroatoms. The van der Waals surface area contributed by atoms with E-state index in [2.05, 4.69) is 10.3 Å². The number of pyridine rings is 1. The molecule has 0 aromatic carbocycles. The van der Waals surface area contributed by atoms with Crippen molar-refractivity contribution in [3.05, 3.63) is 41.4 Å². The largest absolute Gasteiger partial charge is 0.481 e. The van der Waals surface area contributed by atoms with Crippen LogP contribution in [-0.4, -0.2) is 18.0 Å². The number of nitrogens with one attached hydrogen (secondary N) is 1. The SMILES string of the molecule is COc1ccc(NC(=O)c2ccoc2Cl)cn1. The smallest absolute Gasteiger partial charge is 0.260 e. The minimum Gasteiger partial charge on any atom is -0.481 e. The Morgan fingerprint density at radius 1 is 1.47 bits per heavy atom. The van der Waals surface area contributed by atoms with Gasteiger partial charge in [-0.3, -0.25) is 4.79 Å². The van der Waals surface area contributed by atoms with Gasteiger partial charge in [0.1, 0.15) is 0 Å². The quantitative estimate of drug-likeness (QED) is 0.912. The zero-order valence-corrected chi connectivity index (χ0v) is 9.69. The summed E-state index contributed by atoms with van der Waals surface area (Å²) in [4.78, 5) is 15.7. The number of amides is 1. The van der Waals surface area contributed by atoms with Gasteiger partial charge in [0.2, 0.25) is 11.1 Å². The molecule has 2 aromatic heterocycles. The molecule has 0 aliphatic heterocycles. The van der Waals surface area contributed by atoms with Crippen molar-refractivity contribution in [1.29, 1.82) is 0 Å². The lowest BCUT2D eigenvalue weighted by Gasteiger charge is -2.04. The zero-order valence-electron chi connectivity index (χ0n) is 8.94. The summed E-state index contributed by atoms with van der Waals surface area (Å²) in [6.45, 7) is 0. The van der Waals surface area contributed by atoms with Gasteiger partial charge in [-0.2, -0.15) is 0 Å². The maximum atomic E-state index is 11.7. The van der Waals surface area contributed by atoms with E-state index in [0.717, 1.165) is 0 Å². The second-order valence-electron chi connectivity index (χ2n) is 3.15. The van der Waals surface area contributed by atoms with Crippen LogP contribution in [0, 0.1) is 0 Å². The monoisotopic (exact) mass is 252 g/mol. The van der Waals surface area contributed by atoms with E-state index in [9.17, 15) is 4.79 Å². The molecule has 0 fully saturated rings. The number of methoxy groups -OCH3 is 1. The minimum absolute atomic E-state index is 0.0592. The molecule has 2 heterocycles. The number of ether oxygens (including phenoxy) is 1. The molecule has 0 atom stereocenters. The minimum atomic E-state index is -0.351. The van der Waals surface area contributed by atoms with Crippen molar-refractivity contribution in [2.45, 2.75) is 0 Å². The third kappa shape index (κ3) is 2.57. The Bertz CT molecular complexity index is 522. The third-order valence-corrected chi connectivity index (χ3v) is 2.36. The van der Waals surface area contributed by atoms with Gasteiger partial charge < -0.3 is 14.5 Å². The van der Waals surface area contributed by atoms with Crippen LogP contribution >= 0.6 is 11.6 Å². The maximum Gasteiger partial charge on any atom is 0.260 e. The van der Waals surface area contributed by atoms with E-state index >= 15 is 0 Å². The van der Waals surface area contributed by atoms with Crippen LogP contribution in [0.1, 0.15) is 10.4 Å². The summed E-state index contributed by atoms with van der Waals surface area (Å²) < 4.78 is 9.73. The lowest BCUT2D eigenvalue weighted by atomic mass is 10.3. The van der Waals surface area contributed by atoms with Crippen molar-refractivity contribution >= 4 is 23.2 Å². The van der Waals surface area contributed by atoms with Gasteiger partial charge in [-0.1, -0.05) is 0 Å². The van der Waals surface area contributed by atoms with E-state index in [4.69, 9.17) is 20.8 Å². The molecule has 0 bridgehead atoms. The molecule has 1 N–H and O–H groups in total. The Morgan fingerprint density at radius 3 is 2.82 bits per heavy atom. The van der Waals surface area contributed by atoms with Crippen LogP contribution in [0.25, 0.3) is 0 Å². The first-order chi connectivity index (χ1) is 8.20. The molecule has 5 nitrogen and oxygen atoms in total. The summed E-state index contributed by atoms with van der Waals surface area (Å²) in [6, 6.07) is 4.82. The number of carbonyl (C=O) groups is 1. The second kappa shape index (κ2) is 4.88. The van der Waals surface area contributed by atoms with Gasteiger partial charge in [-0.15, -0.1) is 0 Å². The molecule has 2 rings (SSSR count). The molecule has 1 amide bonds. The fourth-order valence-electron chi connectivity index (χ4n) is 1.23. The van der Waals surface area contributed by atoms with E-state index in [-0.39, 0.29) is 16.7 Å². The van der Waals surface area contributed by atoms with Crippen molar-refractivity contribution in [3.8, 4) is 5.88 Å². The maximum absolute atomic E-state index is 11.7. The normalized spacial score (nSPS) is 10.0. The van der Waals surface area contributed by atoms with Crippen molar-refractivity contribution in [3.63, 3.8) is 0 Å². The number of rotatable bonds is 3. The van der Waals surface area contributed by atoms with E-state index in [1.165, 1.54) is 25.6 Å². The van der Waals surface area contributed by atoms with E-state index in [1.807, 2.05) is 0 Å². The average Bonchev–Trinajstić information content (AvgIpc) is 2.76. The van der Waals surface area contributed by atoms with Crippen LogP contribution in [0.2, 0.25) is 5.22 Å². The van der Waals surface area contributed by atoms with Crippen molar-refractivity contribution in [2.24, 2.45) is 0 Å². The highest BCUT2D eigenvalue weighted by Crippen LogP contribution is 2.18. The fourth-order valence-corrected chi connectivity index (χ4v) is 1.43. The third-order valence-electron chi connectivity index (χ3n) is 2.07. The van der Waals surface area contributed by atoms with Crippen LogP contribution in [0.15, 0.2) is 35.1 Å². The van der Waals surface area contributed by atoms with E-state index in [0.29, 0.717) is 11.6 Å². The summed E-state index contributed by atoms with van der Waals surface area (Å²) in [5, 5.41) is 2.69. The fraction of sp³-hybridized carbons (Fsp3) is 0.0909. The summed E-state index contributed by atoms with van der Waals surface area (Å²) in [5.74, 6) is 0.125. The standard InChI is InChI=1S/C11H9ClN2O3/c1-16-9-3-2-7(6-13-9)14-11(15)8-4-5-17-10(8)12/h2-6H,1H3,(H,14,15). The molecule has 17 heavy (non-hydrogen) atoms. The number of hydrogen-bond acceptors (Lipinski definition) is 4. The molecule has 88 valence electrons. The highest BCUT2D eigenvalue weighted by atomic mass is 35.5. The van der Waals surface area contributed by atoms with Crippen molar-refractivity contribution < 1.29 is 13.9 Å².